The van der Waals surface area contributed by atoms with Crippen LogP contribution in [0.1, 0.15) is 26.7 Å². The lowest BCUT2D eigenvalue weighted by molar-refractivity contribution is 0.632. The molecule has 0 radical (unpaired) electrons. The molecule has 0 spiro atoms. The highest BCUT2D eigenvalue weighted by atomic mass is 32.2. The van der Waals surface area contributed by atoms with Crippen LogP contribution in [-0.2, 0) is 0 Å². The molecule has 0 nitrogen and oxygen atoms in total. The fourth-order valence-electron chi connectivity index (χ4n) is 0.588. The molecule has 60 valence electrons. The maximum absolute atomic E-state index is 3.68. The minimum absolute atomic E-state index is 0.858. The third-order valence-corrected chi connectivity index (χ3v) is 2.35. The van der Waals surface area contributed by atoms with Crippen LogP contribution >= 0.6 is 11.8 Å². The first-order valence-electron chi connectivity index (χ1n) is 3.96. The third-order valence-electron chi connectivity index (χ3n) is 1.31. The topological polar surface area (TPSA) is 0 Å². The molecule has 0 aromatic rings. The summed E-state index contributed by atoms with van der Waals surface area (Å²) in [6.07, 6.45) is 4.49. The summed E-state index contributed by atoms with van der Waals surface area (Å²) < 4.78 is 0. The molecule has 0 saturated carbocycles. The Morgan fingerprint density at radius 3 is 2.60 bits per heavy atom. The first-order chi connectivity index (χ1) is 4.77. The van der Waals surface area contributed by atoms with Crippen molar-refractivity contribution in [3.8, 4) is 0 Å². The van der Waals surface area contributed by atoms with Crippen LogP contribution < -0.4 is 0 Å². The molecule has 0 amide bonds. The van der Waals surface area contributed by atoms with Crippen LogP contribution in [0.5, 0.6) is 0 Å². The molecule has 0 rings (SSSR count). The number of thioether (sulfide) groups is 1. The van der Waals surface area contributed by atoms with Gasteiger partial charge in [0.2, 0.25) is 0 Å². The second-order valence-corrected chi connectivity index (χ2v) is 4.10. The zero-order valence-corrected chi connectivity index (χ0v) is 7.91. The van der Waals surface area contributed by atoms with Crippen molar-refractivity contribution in [2.24, 2.45) is 5.92 Å². The highest BCUT2D eigenvalue weighted by Crippen LogP contribution is 2.09. The predicted octanol–water partition coefficient (Wildman–Crippen LogP) is 3.34. The molecule has 0 atom stereocenters. The lowest BCUT2D eigenvalue weighted by atomic mass is 10.2. The second kappa shape index (κ2) is 7.20. The SMILES string of the molecule is C=CCCSCCC(C)C. The van der Waals surface area contributed by atoms with Crippen LogP contribution in [0.25, 0.3) is 0 Å². The summed E-state index contributed by atoms with van der Waals surface area (Å²) >= 11 is 2.03. The van der Waals surface area contributed by atoms with E-state index in [1.165, 1.54) is 17.9 Å². The quantitative estimate of drug-likeness (QED) is 0.422. The highest BCUT2D eigenvalue weighted by Gasteiger charge is 1.92. The molecular formula is C9H18S. The van der Waals surface area contributed by atoms with Crippen LogP contribution in [0.3, 0.4) is 0 Å². The second-order valence-electron chi connectivity index (χ2n) is 2.87. The van der Waals surface area contributed by atoms with E-state index in [0.29, 0.717) is 0 Å². The van der Waals surface area contributed by atoms with Crippen LogP contribution in [0.15, 0.2) is 12.7 Å². The number of hydrogen-bond acceptors (Lipinski definition) is 1. The van der Waals surface area contributed by atoms with Gasteiger partial charge in [-0.3, -0.25) is 0 Å². The smallest absolute Gasteiger partial charge is 0.00330 e. The maximum atomic E-state index is 3.68. The van der Waals surface area contributed by atoms with Gasteiger partial charge in [-0.2, -0.15) is 11.8 Å². The Hall–Kier alpha value is 0.0900. The minimum Gasteiger partial charge on any atom is -0.162 e. The van der Waals surface area contributed by atoms with E-state index in [0.717, 1.165) is 12.3 Å². The Kier molecular flexibility index (Phi) is 7.26. The standard InChI is InChI=1S/C9H18S/c1-4-5-7-10-8-6-9(2)3/h4,9H,1,5-8H2,2-3H3. The molecule has 0 aliphatic carbocycles. The normalized spacial score (nSPS) is 10.3. The molecule has 0 heterocycles. The van der Waals surface area contributed by atoms with Gasteiger partial charge in [0, 0.05) is 0 Å². The molecule has 0 unspecified atom stereocenters. The van der Waals surface area contributed by atoms with Crippen LogP contribution in [0.4, 0.5) is 0 Å². The van der Waals surface area contributed by atoms with Crippen LogP contribution in [0.2, 0.25) is 0 Å². The van der Waals surface area contributed by atoms with Crippen molar-refractivity contribution in [3.05, 3.63) is 12.7 Å². The number of rotatable bonds is 6. The Morgan fingerprint density at radius 1 is 1.40 bits per heavy atom. The van der Waals surface area contributed by atoms with Crippen LogP contribution in [0, 0.1) is 5.92 Å². The van der Waals surface area contributed by atoms with Gasteiger partial charge < -0.3 is 0 Å². The zero-order valence-electron chi connectivity index (χ0n) is 7.10. The largest absolute Gasteiger partial charge is 0.162 e. The predicted molar refractivity (Wildman–Crippen MR) is 51.6 cm³/mol. The van der Waals surface area contributed by atoms with Crippen molar-refractivity contribution >= 4 is 11.8 Å². The van der Waals surface area contributed by atoms with E-state index in [1.54, 1.807) is 0 Å². The fourth-order valence-corrected chi connectivity index (χ4v) is 1.76. The van der Waals surface area contributed by atoms with Crippen molar-refractivity contribution in [2.45, 2.75) is 26.7 Å². The van der Waals surface area contributed by atoms with Gasteiger partial charge in [0.25, 0.3) is 0 Å². The summed E-state index contributed by atoms with van der Waals surface area (Å²) in [7, 11) is 0. The Morgan fingerprint density at radius 2 is 2.10 bits per heavy atom. The molecule has 0 aromatic carbocycles. The Labute approximate surface area is 69.1 Å². The summed E-state index contributed by atoms with van der Waals surface area (Å²) in [5, 5.41) is 0. The van der Waals surface area contributed by atoms with Gasteiger partial charge in [0.1, 0.15) is 0 Å². The maximum Gasteiger partial charge on any atom is -0.00330 e. The lowest BCUT2D eigenvalue weighted by Crippen LogP contribution is -1.90. The van der Waals surface area contributed by atoms with E-state index in [1.807, 2.05) is 17.8 Å². The first-order valence-corrected chi connectivity index (χ1v) is 5.11. The monoisotopic (exact) mass is 158 g/mol. The number of hydrogen-bond donors (Lipinski definition) is 0. The first kappa shape index (κ1) is 10.1. The highest BCUT2D eigenvalue weighted by molar-refractivity contribution is 7.99. The van der Waals surface area contributed by atoms with Gasteiger partial charge in [-0.25, -0.2) is 0 Å². The molecule has 0 bridgehead atoms. The van der Waals surface area contributed by atoms with Gasteiger partial charge in [-0.05, 0) is 30.3 Å². The van der Waals surface area contributed by atoms with Gasteiger partial charge in [-0.1, -0.05) is 19.9 Å². The molecule has 0 aliphatic heterocycles. The molecule has 0 aromatic heterocycles. The number of allylic oxidation sites excluding steroid dienone is 1. The zero-order chi connectivity index (χ0) is 7.82. The Bertz CT molecular complexity index is 76.8. The molecule has 0 aliphatic rings. The molecular weight excluding hydrogens is 140 g/mol. The van der Waals surface area contributed by atoms with Gasteiger partial charge in [0.05, 0.1) is 0 Å². The van der Waals surface area contributed by atoms with Gasteiger partial charge in [-0.15, -0.1) is 6.58 Å². The summed E-state index contributed by atoms with van der Waals surface area (Å²) in [4.78, 5) is 0. The molecule has 1 heteroatoms. The fraction of sp³-hybridized carbons (Fsp3) is 0.778. The molecule has 10 heavy (non-hydrogen) atoms. The average Bonchev–Trinajstić information content (AvgIpc) is 1.87. The molecule has 0 saturated heterocycles. The van der Waals surface area contributed by atoms with Crippen molar-refractivity contribution in [1.82, 2.24) is 0 Å². The van der Waals surface area contributed by atoms with Crippen molar-refractivity contribution < 1.29 is 0 Å². The third kappa shape index (κ3) is 8.09. The van der Waals surface area contributed by atoms with E-state index >= 15 is 0 Å². The summed E-state index contributed by atoms with van der Waals surface area (Å²) in [6, 6.07) is 0. The molecule has 0 N–H and O–H groups in total. The lowest BCUT2D eigenvalue weighted by Gasteiger charge is -2.02. The van der Waals surface area contributed by atoms with Crippen molar-refractivity contribution in [2.75, 3.05) is 11.5 Å². The van der Waals surface area contributed by atoms with Crippen molar-refractivity contribution in [3.63, 3.8) is 0 Å². The van der Waals surface area contributed by atoms with Gasteiger partial charge in [0.15, 0.2) is 0 Å². The van der Waals surface area contributed by atoms with E-state index in [2.05, 4.69) is 20.4 Å². The summed E-state index contributed by atoms with van der Waals surface area (Å²) in [6.45, 7) is 8.22. The van der Waals surface area contributed by atoms with Crippen LogP contribution in [-0.4, -0.2) is 11.5 Å². The van der Waals surface area contributed by atoms with E-state index in [-0.39, 0.29) is 0 Å². The van der Waals surface area contributed by atoms with Crippen molar-refractivity contribution in [1.29, 1.82) is 0 Å². The summed E-state index contributed by atoms with van der Waals surface area (Å²) in [5.74, 6) is 3.41. The average molecular weight is 158 g/mol. The van der Waals surface area contributed by atoms with E-state index in [4.69, 9.17) is 0 Å². The van der Waals surface area contributed by atoms with E-state index in [9.17, 15) is 0 Å². The minimum atomic E-state index is 0.858. The van der Waals surface area contributed by atoms with Gasteiger partial charge >= 0.3 is 0 Å². The van der Waals surface area contributed by atoms with E-state index < -0.39 is 0 Å². The Balaban J connectivity index is 2.83. The molecule has 0 fully saturated rings. The summed E-state index contributed by atoms with van der Waals surface area (Å²) in [5.41, 5.74) is 0.